The maximum atomic E-state index is 10.2. The first-order valence-corrected chi connectivity index (χ1v) is 9.39. The van der Waals surface area contributed by atoms with Crippen molar-refractivity contribution in [3.05, 3.63) is 23.7 Å². The lowest BCUT2D eigenvalue weighted by molar-refractivity contribution is 0.108. The fraction of sp³-hybridized carbons (Fsp3) is 0.636. The molecule has 0 radical (unpaired) electrons. The molecule has 2 atom stereocenters. The highest BCUT2D eigenvalue weighted by Gasteiger charge is 2.17. The monoisotopic (exact) mass is 344 g/mol. The van der Waals surface area contributed by atoms with E-state index in [1.54, 1.807) is 26.0 Å². The summed E-state index contributed by atoms with van der Waals surface area (Å²) < 4.78 is 5.56. The topological polar surface area (TPSA) is 53.6 Å². The van der Waals surface area contributed by atoms with E-state index in [1.807, 2.05) is 0 Å². The van der Waals surface area contributed by atoms with Crippen LogP contribution in [0.5, 0.6) is 0 Å². The molecule has 1 aromatic heterocycles. The smallest absolute Gasteiger partial charge is 0.178 e. The van der Waals surface area contributed by atoms with Gasteiger partial charge in [-0.05, 0) is 63.5 Å². The summed E-state index contributed by atoms with van der Waals surface area (Å²) >= 11 is 0. The van der Waals surface area contributed by atoms with E-state index in [9.17, 15) is 10.2 Å². The van der Waals surface area contributed by atoms with Crippen molar-refractivity contribution in [1.82, 2.24) is 0 Å². The number of unbranched alkanes of at least 4 members (excludes halogenated alkanes) is 4. The molecule has 1 heterocycles. The van der Waals surface area contributed by atoms with Gasteiger partial charge in [0.2, 0.25) is 0 Å². The van der Waals surface area contributed by atoms with Crippen molar-refractivity contribution in [3.8, 4) is 23.7 Å². The van der Waals surface area contributed by atoms with Crippen LogP contribution in [0.2, 0.25) is 0 Å². The Hall–Kier alpha value is -1.68. The Kier molecular flexibility index (Phi) is 8.84. The number of hydrogen-bond acceptors (Lipinski definition) is 3. The predicted octanol–water partition coefficient (Wildman–Crippen LogP) is 4.65. The molecule has 0 spiro atoms. The average molecular weight is 344 g/mol. The molecule has 3 heteroatoms. The van der Waals surface area contributed by atoms with Gasteiger partial charge in [-0.2, -0.15) is 0 Å². The third-order valence-corrected chi connectivity index (χ3v) is 4.05. The van der Waals surface area contributed by atoms with Crippen LogP contribution in [0.4, 0.5) is 0 Å². The lowest BCUT2D eigenvalue weighted by Crippen LogP contribution is -2.21. The number of hydrogen-bond donors (Lipinski definition) is 2. The molecule has 1 rings (SSSR count). The second-order valence-corrected chi connectivity index (χ2v) is 7.13. The van der Waals surface area contributed by atoms with Gasteiger partial charge in [-0.3, -0.25) is 0 Å². The molecule has 1 aromatic rings. The van der Waals surface area contributed by atoms with Crippen LogP contribution in [0.15, 0.2) is 16.5 Å². The van der Waals surface area contributed by atoms with Gasteiger partial charge in [0.25, 0.3) is 0 Å². The summed E-state index contributed by atoms with van der Waals surface area (Å²) in [5.74, 6) is 12.4. The molecule has 2 unspecified atom stereocenters. The molecule has 138 valence electrons. The highest BCUT2D eigenvalue weighted by atomic mass is 16.3. The molecule has 25 heavy (non-hydrogen) atoms. The molecule has 0 saturated carbocycles. The van der Waals surface area contributed by atoms with E-state index in [2.05, 4.69) is 37.5 Å². The molecule has 0 aliphatic heterocycles. The largest absolute Gasteiger partial charge is 0.439 e. The fourth-order valence-electron chi connectivity index (χ4n) is 2.43. The molecule has 0 fully saturated rings. The predicted molar refractivity (Wildman–Crippen MR) is 102 cm³/mol. The van der Waals surface area contributed by atoms with E-state index in [0.29, 0.717) is 24.4 Å². The summed E-state index contributed by atoms with van der Waals surface area (Å²) in [4.78, 5) is 0. The van der Waals surface area contributed by atoms with Crippen molar-refractivity contribution in [3.63, 3.8) is 0 Å². The average Bonchev–Trinajstić information content (AvgIpc) is 3.00. The lowest BCUT2D eigenvalue weighted by atomic mass is 9.99. The minimum Gasteiger partial charge on any atom is -0.439 e. The molecule has 0 aromatic carbocycles. The minimum atomic E-state index is -1.00. The standard InChI is InChI=1S/C22H32O3/c1-5-7-9-15-21(3,23)17-13-19-11-12-20(25-19)14-18-22(4,24)16-10-8-6-2/h11-12,23-24H,5-10,15-16H2,1-4H3. The van der Waals surface area contributed by atoms with Crippen molar-refractivity contribution in [1.29, 1.82) is 0 Å². The quantitative estimate of drug-likeness (QED) is 0.533. The Balaban J connectivity index is 2.66. The van der Waals surface area contributed by atoms with Gasteiger partial charge in [0.1, 0.15) is 11.2 Å². The van der Waals surface area contributed by atoms with Crippen LogP contribution in [0.1, 0.15) is 90.6 Å². The third kappa shape index (κ3) is 9.40. The number of rotatable bonds is 8. The Morgan fingerprint density at radius 2 is 1.20 bits per heavy atom. The van der Waals surface area contributed by atoms with Gasteiger partial charge >= 0.3 is 0 Å². The van der Waals surface area contributed by atoms with E-state index in [4.69, 9.17) is 4.42 Å². The molecule has 0 aliphatic carbocycles. The molecule has 0 aliphatic rings. The molecular formula is C22H32O3. The number of aliphatic hydroxyl groups is 2. The van der Waals surface area contributed by atoms with Crippen molar-refractivity contribution in [2.24, 2.45) is 0 Å². The van der Waals surface area contributed by atoms with E-state index in [0.717, 1.165) is 38.5 Å². The zero-order valence-corrected chi connectivity index (χ0v) is 16.1. The first-order chi connectivity index (χ1) is 11.8. The Labute approximate surface area is 152 Å². The first kappa shape index (κ1) is 21.4. The van der Waals surface area contributed by atoms with Crippen LogP contribution in [0.3, 0.4) is 0 Å². The Bertz CT molecular complexity index is 575. The van der Waals surface area contributed by atoms with E-state index in [-0.39, 0.29) is 0 Å². The maximum Gasteiger partial charge on any atom is 0.178 e. The summed E-state index contributed by atoms with van der Waals surface area (Å²) in [6.45, 7) is 7.72. The highest BCUT2D eigenvalue weighted by Crippen LogP contribution is 2.15. The summed E-state index contributed by atoms with van der Waals surface area (Å²) in [5.41, 5.74) is -2.01. The minimum absolute atomic E-state index is 0.477. The second-order valence-electron chi connectivity index (χ2n) is 7.13. The molecular weight excluding hydrogens is 312 g/mol. The van der Waals surface area contributed by atoms with E-state index >= 15 is 0 Å². The summed E-state index contributed by atoms with van der Waals surface area (Å²) in [5, 5.41) is 20.5. The zero-order chi connectivity index (χ0) is 18.8. The van der Waals surface area contributed by atoms with Crippen molar-refractivity contribution < 1.29 is 14.6 Å². The first-order valence-electron chi connectivity index (χ1n) is 9.39. The van der Waals surface area contributed by atoms with Crippen LogP contribution < -0.4 is 0 Å². The van der Waals surface area contributed by atoms with Gasteiger partial charge in [0, 0.05) is 0 Å². The van der Waals surface area contributed by atoms with Crippen LogP contribution in [0, 0.1) is 23.7 Å². The van der Waals surface area contributed by atoms with Crippen LogP contribution in [-0.2, 0) is 0 Å². The van der Waals surface area contributed by atoms with Gasteiger partial charge in [-0.25, -0.2) is 0 Å². The van der Waals surface area contributed by atoms with Gasteiger partial charge < -0.3 is 14.6 Å². The van der Waals surface area contributed by atoms with Gasteiger partial charge in [0.15, 0.2) is 11.5 Å². The SMILES string of the molecule is CCCCCC(C)(O)C#Cc1ccc(C#CC(C)(O)CCCCC)o1. The van der Waals surface area contributed by atoms with Crippen LogP contribution in [0.25, 0.3) is 0 Å². The molecule has 2 N–H and O–H groups in total. The molecule has 0 saturated heterocycles. The van der Waals surface area contributed by atoms with Crippen LogP contribution in [-0.4, -0.2) is 21.4 Å². The van der Waals surface area contributed by atoms with Crippen LogP contribution >= 0.6 is 0 Å². The van der Waals surface area contributed by atoms with Crippen molar-refractivity contribution in [2.45, 2.75) is 90.3 Å². The van der Waals surface area contributed by atoms with Crippen molar-refractivity contribution >= 4 is 0 Å². The Morgan fingerprint density at radius 3 is 1.56 bits per heavy atom. The zero-order valence-electron chi connectivity index (χ0n) is 16.1. The number of furan rings is 1. The van der Waals surface area contributed by atoms with E-state index in [1.165, 1.54) is 0 Å². The van der Waals surface area contributed by atoms with E-state index < -0.39 is 11.2 Å². The molecule has 3 nitrogen and oxygen atoms in total. The van der Waals surface area contributed by atoms with Gasteiger partial charge in [0.05, 0.1) is 0 Å². The highest BCUT2D eigenvalue weighted by molar-refractivity contribution is 5.35. The fourth-order valence-corrected chi connectivity index (χ4v) is 2.43. The van der Waals surface area contributed by atoms with Gasteiger partial charge in [-0.15, -0.1) is 0 Å². The maximum absolute atomic E-state index is 10.2. The Morgan fingerprint density at radius 1 is 0.800 bits per heavy atom. The third-order valence-electron chi connectivity index (χ3n) is 4.05. The normalized spacial score (nSPS) is 15.3. The molecule has 0 amide bonds. The summed E-state index contributed by atoms with van der Waals surface area (Å²) in [6, 6.07) is 3.48. The second kappa shape index (κ2) is 10.3. The van der Waals surface area contributed by atoms with Crippen molar-refractivity contribution in [2.75, 3.05) is 0 Å². The summed E-state index contributed by atoms with van der Waals surface area (Å²) in [7, 11) is 0. The lowest BCUT2D eigenvalue weighted by Gasteiger charge is -2.15. The molecule has 0 bridgehead atoms. The van der Waals surface area contributed by atoms with Gasteiger partial charge in [-0.1, -0.05) is 51.4 Å². The summed E-state index contributed by atoms with van der Waals surface area (Å²) in [6.07, 6.45) is 7.65.